The topological polar surface area (TPSA) is 43.8 Å². The Kier molecular flexibility index (Phi) is 2.20. The SMILES string of the molecule is Cn1ccnc1C#CC(C)(C)N. The molecule has 0 bridgehead atoms. The highest BCUT2D eigenvalue weighted by Gasteiger charge is 2.04. The van der Waals surface area contributed by atoms with Crippen molar-refractivity contribution in [2.24, 2.45) is 12.8 Å². The zero-order valence-corrected chi connectivity index (χ0v) is 7.63. The smallest absolute Gasteiger partial charge is 0.185 e. The summed E-state index contributed by atoms with van der Waals surface area (Å²) >= 11 is 0. The summed E-state index contributed by atoms with van der Waals surface area (Å²) in [6.07, 6.45) is 3.57. The Bertz CT molecular complexity index is 320. The van der Waals surface area contributed by atoms with Crippen LogP contribution in [-0.4, -0.2) is 15.1 Å². The molecule has 0 aliphatic carbocycles. The van der Waals surface area contributed by atoms with E-state index in [0.29, 0.717) is 0 Å². The van der Waals surface area contributed by atoms with Crippen LogP contribution in [0.25, 0.3) is 0 Å². The Balaban J connectivity index is 2.87. The molecule has 0 saturated heterocycles. The van der Waals surface area contributed by atoms with Gasteiger partial charge in [0.25, 0.3) is 0 Å². The number of hydrogen-bond acceptors (Lipinski definition) is 2. The molecule has 1 heterocycles. The first kappa shape index (κ1) is 8.82. The number of nitrogens with two attached hydrogens (primary N) is 1. The van der Waals surface area contributed by atoms with Gasteiger partial charge in [0.15, 0.2) is 5.82 Å². The number of hydrogen-bond donors (Lipinski definition) is 1. The second kappa shape index (κ2) is 3.00. The zero-order chi connectivity index (χ0) is 9.19. The van der Waals surface area contributed by atoms with Gasteiger partial charge >= 0.3 is 0 Å². The average Bonchev–Trinajstić information content (AvgIpc) is 2.29. The Morgan fingerprint density at radius 1 is 1.58 bits per heavy atom. The van der Waals surface area contributed by atoms with E-state index in [-0.39, 0.29) is 0 Å². The second-order valence-electron chi connectivity index (χ2n) is 3.33. The van der Waals surface area contributed by atoms with Crippen molar-refractivity contribution in [1.29, 1.82) is 0 Å². The number of aromatic nitrogens is 2. The molecule has 0 unspecified atom stereocenters. The molecule has 0 radical (unpaired) electrons. The molecule has 0 aliphatic heterocycles. The molecule has 3 nitrogen and oxygen atoms in total. The Morgan fingerprint density at radius 3 is 2.67 bits per heavy atom. The zero-order valence-electron chi connectivity index (χ0n) is 7.63. The highest BCUT2D eigenvalue weighted by Crippen LogP contribution is 1.95. The van der Waals surface area contributed by atoms with E-state index in [2.05, 4.69) is 16.8 Å². The molecule has 1 aromatic rings. The maximum absolute atomic E-state index is 5.69. The van der Waals surface area contributed by atoms with E-state index in [1.165, 1.54) is 0 Å². The van der Waals surface area contributed by atoms with Crippen molar-refractivity contribution in [2.45, 2.75) is 19.4 Å². The summed E-state index contributed by atoms with van der Waals surface area (Å²) in [6.45, 7) is 3.73. The summed E-state index contributed by atoms with van der Waals surface area (Å²) in [5.74, 6) is 6.56. The summed E-state index contributed by atoms with van der Waals surface area (Å²) in [4.78, 5) is 4.05. The van der Waals surface area contributed by atoms with Crippen LogP contribution in [0.15, 0.2) is 12.4 Å². The molecule has 0 aromatic carbocycles. The first-order valence-corrected chi connectivity index (χ1v) is 3.78. The molecule has 64 valence electrons. The molecule has 0 aliphatic rings. The van der Waals surface area contributed by atoms with Crippen LogP contribution in [0, 0.1) is 11.8 Å². The van der Waals surface area contributed by atoms with Crippen LogP contribution in [0.2, 0.25) is 0 Å². The fourth-order valence-corrected chi connectivity index (χ4v) is 0.703. The Hall–Kier alpha value is -1.27. The van der Waals surface area contributed by atoms with Crippen molar-refractivity contribution < 1.29 is 0 Å². The van der Waals surface area contributed by atoms with Gasteiger partial charge in [0.1, 0.15) is 0 Å². The van der Waals surface area contributed by atoms with Gasteiger partial charge in [0.05, 0.1) is 5.54 Å². The van der Waals surface area contributed by atoms with Gasteiger partial charge in [-0.15, -0.1) is 0 Å². The van der Waals surface area contributed by atoms with Gasteiger partial charge in [-0.25, -0.2) is 4.98 Å². The van der Waals surface area contributed by atoms with Crippen molar-refractivity contribution in [2.75, 3.05) is 0 Å². The van der Waals surface area contributed by atoms with Gasteiger partial charge in [0, 0.05) is 19.4 Å². The molecular formula is C9H13N3. The van der Waals surface area contributed by atoms with Crippen LogP contribution in [0.3, 0.4) is 0 Å². The average molecular weight is 163 g/mol. The third-order valence-electron chi connectivity index (χ3n) is 1.32. The summed E-state index contributed by atoms with van der Waals surface area (Å²) in [5, 5.41) is 0. The van der Waals surface area contributed by atoms with Gasteiger partial charge < -0.3 is 10.3 Å². The third-order valence-corrected chi connectivity index (χ3v) is 1.32. The summed E-state index contributed by atoms with van der Waals surface area (Å²) < 4.78 is 1.86. The number of aryl methyl sites for hydroxylation is 1. The van der Waals surface area contributed by atoms with Crippen molar-refractivity contribution in [3.8, 4) is 11.8 Å². The number of nitrogens with zero attached hydrogens (tertiary/aromatic N) is 2. The van der Waals surface area contributed by atoms with Gasteiger partial charge in [-0.05, 0) is 19.8 Å². The van der Waals surface area contributed by atoms with E-state index in [1.54, 1.807) is 6.20 Å². The largest absolute Gasteiger partial charge is 0.327 e. The normalized spacial score (nSPS) is 10.7. The molecule has 1 aromatic heterocycles. The lowest BCUT2D eigenvalue weighted by Gasteiger charge is -2.07. The fourth-order valence-electron chi connectivity index (χ4n) is 0.703. The summed E-state index contributed by atoms with van der Waals surface area (Å²) in [7, 11) is 1.90. The third kappa shape index (κ3) is 2.40. The van der Waals surface area contributed by atoms with E-state index < -0.39 is 5.54 Å². The lowest BCUT2D eigenvalue weighted by molar-refractivity contribution is 0.680. The molecule has 0 atom stereocenters. The van der Waals surface area contributed by atoms with Crippen LogP contribution < -0.4 is 5.73 Å². The molecule has 0 saturated carbocycles. The minimum atomic E-state index is -0.452. The molecular weight excluding hydrogens is 150 g/mol. The van der Waals surface area contributed by atoms with Crippen molar-refractivity contribution >= 4 is 0 Å². The van der Waals surface area contributed by atoms with E-state index >= 15 is 0 Å². The van der Waals surface area contributed by atoms with Crippen molar-refractivity contribution in [1.82, 2.24) is 9.55 Å². The first-order valence-electron chi connectivity index (χ1n) is 3.78. The lowest BCUT2D eigenvalue weighted by Crippen LogP contribution is -2.29. The number of rotatable bonds is 0. The minimum Gasteiger partial charge on any atom is -0.327 e. The predicted octanol–water partition coefficient (Wildman–Crippen LogP) is 0.509. The maximum atomic E-state index is 5.69. The molecule has 3 heteroatoms. The molecule has 12 heavy (non-hydrogen) atoms. The molecule has 1 rings (SSSR count). The van der Waals surface area contributed by atoms with Gasteiger partial charge in [-0.2, -0.15) is 0 Å². The molecule has 2 N–H and O–H groups in total. The summed E-state index contributed by atoms with van der Waals surface area (Å²) in [5.41, 5.74) is 5.24. The van der Waals surface area contributed by atoms with Crippen LogP contribution in [-0.2, 0) is 7.05 Å². The fraction of sp³-hybridized carbons (Fsp3) is 0.444. The van der Waals surface area contributed by atoms with E-state index in [9.17, 15) is 0 Å². The Labute approximate surface area is 72.6 Å². The molecule has 0 spiro atoms. The summed E-state index contributed by atoms with van der Waals surface area (Å²) in [6, 6.07) is 0. The molecule has 0 fully saturated rings. The van der Waals surface area contributed by atoms with E-state index in [4.69, 9.17) is 5.73 Å². The van der Waals surface area contributed by atoms with Crippen LogP contribution in [0.4, 0.5) is 0 Å². The van der Waals surface area contributed by atoms with E-state index in [0.717, 1.165) is 5.82 Å². The van der Waals surface area contributed by atoms with Gasteiger partial charge in [-0.1, -0.05) is 5.92 Å². The highest BCUT2D eigenvalue weighted by atomic mass is 15.0. The van der Waals surface area contributed by atoms with Crippen LogP contribution in [0.5, 0.6) is 0 Å². The van der Waals surface area contributed by atoms with Crippen LogP contribution in [0.1, 0.15) is 19.7 Å². The highest BCUT2D eigenvalue weighted by molar-refractivity contribution is 5.26. The van der Waals surface area contributed by atoms with Crippen molar-refractivity contribution in [3.63, 3.8) is 0 Å². The minimum absolute atomic E-state index is 0.452. The quantitative estimate of drug-likeness (QED) is 0.566. The number of imidazole rings is 1. The van der Waals surface area contributed by atoms with Gasteiger partial charge in [0.2, 0.25) is 0 Å². The van der Waals surface area contributed by atoms with Crippen LogP contribution >= 0.6 is 0 Å². The van der Waals surface area contributed by atoms with Gasteiger partial charge in [-0.3, -0.25) is 0 Å². The monoisotopic (exact) mass is 163 g/mol. The second-order valence-corrected chi connectivity index (χ2v) is 3.33. The standard InChI is InChI=1S/C9H13N3/c1-9(2,10)5-4-8-11-6-7-12(8)3/h6-7H,10H2,1-3H3. The predicted molar refractivity (Wildman–Crippen MR) is 48.4 cm³/mol. The van der Waals surface area contributed by atoms with E-state index in [1.807, 2.05) is 31.7 Å². The first-order chi connectivity index (χ1) is 5.49. The van der Waals surface area contributed by atoms with Crippen molar-refractivity contribution in [3.05, 3.63) is 18.2 Å². The molecule has 0 amide bonds. The Morgan fingerprint density at radius 2 is 2.25 bits per heavy atom. The maximum Gasteiger partial charge on any atom is 0.185 e. The lowest BCUT2D eigenvalue weighted by atomic mass is 10.1.